The lowest BCUT2D eigenvalue weighted by Crippen LogP contribution is -1.96. The molecule has 1 aromatic carbocycles. The van der Waals surface area contributed by atoms with Crippen LogP contribution in [0.3, 0.4) is 0 Å². The van der Waals surface area contributed by atoms with Gasteiger partial charge in [-0.3, -0.25) is 0 Å². The third-order valence-electron chi connectivity index (χ3n) is 3.46. The van der Waals surface area contributed by atoms with E-state index in [0.717, 1.165) is 22.3 Å². The molecule has 0 fully saturated rings. The number of nitrogens with zero attached hydrogens (tertiary/aromatic N) is 2. The van der Waals surface area contributed by atoms with Gasteiger partial charge in [0.05, 0.1) is 23.4 Å². The Morgan fingerprint density at radius 2 is 1.90 bits per heavy atom. The van der Waals surface area contributed by atoms with Gasteiger partial charge in [-0.25, -0.2) is 0 Å². The molecule has 0 spiro atoms. The lowest BCUT2D eigenvalue weighted by molar-refractivity contribution is 0.200. The van der Waals surface area contributed by atoms with Crippen LogP contribution in [-0.4, -0.2) is 9.51 Å². The molecule has 0 radical (unpaired) electrons. The number of nitriles is 1. The van der Waals surface area contributed by atoms with Gasteiger partial charge in [0, 0.05) is 22.8 Å². The zero-order valence-electron chi connectivity index (χ0n) is 11.1. The highest BCUT2D eigenvalue weighted by Gasteiger charge is 2.17. The number of pyridine rings is 1. The van der Waals surface area contributed by atoms with E-state index < -0.39 is 6.10 Å². The molecule has 1 N–H and O–H groups in total. The third-order valence-corrected chi connectivity index (χ3v) is 3.46. The summed E-state index contributed by atoms with van der Waals surface area (Å²) in [4.78, 5) is 0. The Balaban J connectivity index is 2.40. The SMILES string of the molecule is CC(O)c1cc2ccccn2c1-c1ccccc1C#N. The van der Waals surface area contributed by atoms with Crippen molar-refractivity contribution >= 4 is 5.52 Å². The molecule has 3 rings (SSSR count). The Morgan fingerprint density at radius 3 is 2.65 bits per heavy atom. The number of aromatic nitrogens is 1. The van der Waals surface area contributed by atoms with Crippen molar-refractivity contribution in [3.05, 3.63) is 65.9 Å². The van der Waals surface area contributed by atoms with Crippen LogP contribution in [0.1, 0.15) is 24.2 Å². The fraction of sp³-hybridized carbons (Fsp3) is 0.118. The Morgan fingerprint density at radius 1 is 1.15 bits per heavy atom. The second-order valence-corrected chi connectivity index (χ2v) is 4.78. The first-order valence-electron chi connectivity index (χ1n) is 6.50. The first-order chi connectivity index (χ1) is 9.72. The van der Waals surface area contributed by atoms with Crippen molar-refractivity contribution in [3.8, 4) is 17.3 Å². The highest BCUT2D eigenvalue weighted by atomic mass is 16.3. The summed E-state index contributed by atoms with van der Waals surface area (Å²) in [6, 6.07) is 17.5. The Bertz CT molecular complexity index is 809. The van der Waals surface area contributed by atoms with Crippen LogP contribution in [0.5, 0.6) is 0 Å². The summed E-state index contributed by atoms with van der Waals surface area (Å²) in [6.07, 6.45) is 1.36. The molecule has 20 heavy (non-hydrogen) atoms. The number of rotatable bonds is 2. The summed E-state index contributed by atoms with van der Waals surface area (Å²) < 4.78 is 2.01. The number of hydrogen-bond acceptors (Lipinski definition) is 2. The van der Waals surface area contributed by atoms with E-state index in [2.05, 4.69) is 6.07 Å². The highest BCUT2D eigenvalue weighted by molar-refractivity contribution is 5.76. The maximum atomic E-state index is 10.0. The van der Waals surface area contributed by atoms with Gasteiger partial charge in [0.15, 0.2) is 0 Å². The van der Waals surface area contributed by atoms with Crippen molar-refractivity contribution in [3.63, 3.8) is 0 Å². The molecule has 0 saturated heterocycles. The molecule has 0 amide bonds. The van der Waals surface area contributed by atoms with Crippen LogP contribution in [0, 0.1) is 11.3 Å². The minimum absolute atomic E-state index is 0.586. The molecule has 0 aliphatic carbocycles. The van der Waals surface area contributed by atoms with Gasteiger partial charge in [-0.2, -0.15) is 5.26 Å². The lowest BCUT2D eigenvalue weighted by atomic mass is 10.0. The Hall–Kier alpha value is -2.57. The summed E-state index contributed by atoms with van der Waals surface area (Å²) in [6.45, 7) is 1.74. The molecule has 1 unspecified atom stereocenters. The molecule has 98 valence electrons. The minimum Gasteiger partial charge on any atom is -0.389 e. The fourth-order valence-electron chi connectivity index (χ4n) is 2.54. The summed E-state index contributed by atoms with van der Waals surface area (Å²) in [7, 11) is 0. The van der Waals surface area contributed by atoms with Gasteiger partial charge in [-0.05, 0) is 31.2 Å². The Kier molecular flexibility index (Phi) is 3.02. The van der Waals surface area contributed by atoms with E-state index in [9.17, 15) is 10.4 Å². The van der Waals surface area contributed by atoms with Crippen molar-refractivity contribution in [1.29, 1.82) is 5.26 Å². The van der Waals surface area contributed by atoms with Crippen molar-refractivity contribution in [2.24, 2.45) is 0 Å². The largest absolute Gasteiger partial charge is 0.389 e. The van der Waals surface area contributed by atoms with Crippen molar-refractivity contribution in [2.45, 2.75) is 13.0 Å². The summed E-state index contributed by atoms with van der Waals surface area (Å²) in [5.74, 6) is 0. The zero-order valence-corrected chi connectivity index (χ0v) is 11.1. The van der Waals surface area contributed by atoms with E-state index in [1.165, 1.54) is 0 Å². The molecule has 0 aliphatic rings. The molecular formula is C17H14N2O. The first kappa shape index (κ1) is 12.5. The average molecular weight is 262 g/mol. The third kappa shape index (κ3) is 1.87. The van der Waals surface area contributed by atoms with Gasteiger partial charge in [0.2, 0.25) is 0 Å². The maximum Gasteiger partial charge on any atom is 0.0998 e. The predicted molar refractivity (Wildman–Crippen MR) is 78.2 cm³/mol. The van der Waals surface area contributed by atoms with Crippen LogP contribution in [0.4, 0.5) is 0 Å². The van der Waals surface area contributed by atoms with Crippen molar-refractivity contribution in [1.82, 2.24) is 4.40 Å². The number of aliphatic hydroxyl groups is 1. The smallest absolute Gasteiger partial charge is 0.0998 e. The van der Waals surface area contributed by atoms with Gasteiger partial charge in [-0.15, -0.1) is 0 Å². The molecule has 0 aliphatic heterocycles. The lowest BCUT2D eigenvalue weighted by Gasteiger charge is -2.10. The molecule has 1 atom stereocenters. The van der Waals surface area contributed by atoms with Crippen LogP contribution >= 0.6 is 0 Å². The number of hydrogen-bond donors (Lipinski definition) is 1. The monoisotopic (exact) mass is 262 g/mol. The van der Waals surface area contributed by atoms with E-state index in [-0.39, 0.29) is 0 Å². The average Bonchev–Trinajstić information content (AvgIpc) is 2.86. The van der Waals surface area contributed by atoms with Crippen LogP contribution in [0.15, 0.2) is 54.7 Å². The van der Waals surface area contributed by atoms with Gasteiger partial charge < -0.3 is 9.51 Å². The maximum absolute atomic E-state index is 10.0. The van der Waals surface area contributed by atoms with Crippen LogP contribution in [-0.2, 0) is 0 Å². The standard InChI is InChI=1S/C17H14N2O/c1-12(20)16-10-14-7-4-5-9-19(14)17(16)15-8-3-2-6-13(15)11-18/h2-10,12,20H,1H3. The summed E-state index contributed by atoms with van der Waals surface area (Å²) in [5, 5.41) is 19.3. The van der Waals surface area contributed by atoms with E-state index in [1.54, 1.807) is 13.0 Å². The molecule has 3 aromatic rings. The molecule has 2 aromatic heterocycles. The quantitative estimate of drug-likeness (QED) is 0.768. The van der Waals surface area contributed by atoms with Crippen LogP contribution in [0.2, 0.25) is 0 Å². The van der Waals surface area contributed by atoms with Crippen molar-refractivity contribution < 1.29 is 5.11 Å². The molecule has 3 nitrogen and oxygen atoms in total. The molecule has 0 bridgehead atoms. The summed E-state index contributed by atoms with van der Waals surface area (Å²) in [5.41, 5.74) is 4.17. The van der Waals surface area contributed by atoms with Crippen LogP contribution < -0.4 is 0 Å². The molecule has 3 heteroatoms. The molecule has 0 saturated carbocycles. The van der Waals surface area contributed by atoms with E-state index in [1.807, 2.05) is 53.1 Å². The first-order valence-corrected chi connectivity index (χ1v) is 6.50. The second kappa shape index (κ2) is 4.84. The molecular weight excluding hydrogens is 248 g/mol. The summed E-state index contributed by atoms with van der Waals surface area (Å²) >= 11 is 0. The van der Waals surface area contributed by atoms with E-state index in [4.69, 9.17) is 0 Å². The topological polar surface area (TPSA) is 48.4 Å². The normalized spacial score (nSPS) is 12.2. The number of fused-ring (bicyclic) bond motifs is 1. The van der Waals surface area contributed by atoms with Gasteiger partial charge in [0.25, 0.3) is 0 Å². The van der Waals surface area contributed by atoms with Crippen LogP contribution in [0.25, 0.3) is 16.8 Å². The van der Waals surface area contributed by atoms with Gasteiger partial charge in [-0.1, -0.05) is 24.3 Å². The second-order valence-electron chi connectivity index (χ2n) is 4.78. The number of aliphatic hydroxyl groups excluding tert-OH is 1. The van der Waals surface area contributed by atoms with E-state index >= 15 is 0 Å². The van der Waals surface area contributed by atoms with E-state index in [0.29, 0.717) is 5.56 Å². The van der Waals surface area contributed by atoms with Gasteiger partial charge in [0.1, 0.15) is 0 Å². The zero-order chi connectivity index (χ0) is 14.1. The fourth-order valence-corrected chi connectivity index (χ4v) is 2.54. The van der Waals surface area contributed by atoms with Gasteiger partial charge >= 0.3 is 0 Å². The molecule has 2 heterocycles. The Labute approximate surface area is 117 Å². The van der Waals surface area contributed by atoms with Crippen molar-refractivity contribution in [2.75, 3.05) is 0 Å². The minimum atomic E-state index is -0.586. The predicted octanol–water partition coefficient (Wildman–Crippen LogP) is 3.53. The number of benzene rings is 1. The highest BCUT2D eigenvalue weighted by Crippen LogP contribution is 2.33.